The van der Waals surface area contributed by atoms with Crippen molar-refractivity contribution in [2.24, 2.45) is 0 Å². The number of carbonyl (C=O) groups is 3. The maximum atomic E-state index is 12.4. The van der Waals surface area contributed by atoms with Crippen LogP contribution in [0.4, 0.5) is 10.5 Å². The van der Waals surface area contributed by atoms with Gasteiger partial charge in [-0.25, -0.2) is 4.79 Å². The lowest BCUT2D eigenvalue weighted by Gasteiger charge is -2.42. The molecule has 3 heterocycles. The Morgan fingerprint density at radius 1 is 1.21 bits per heavy atom. The maximum Gasteiger partial charge on any atom is 0.321 e. The first kappa shape index (κ1) is 14.6. The van der Waals surface area contributed by atoms with Gasteiger partial charge in [-0.2, -0.15) is 0 Å². The monoisotopic (exact) mass is 332 g/mol. The summed E-state index contributed by atoms with van der Waals surface area (Å²) < 4.78 is 10.5. The molecule has 9 nitrogen and oxygen atoms in total. The molecule has 2 saturated heterocycles. The highest BCUT2D eigenvalue weighted by Gasteiger charge is 2.39. The van der Waals surface area contributed by atoms with Crippen molar-refractivity contribution in [2.75, 3.05) is 38.3 Å². The summed E-state index contributed by atoms with van der Waals surface area (Å²) in [6.07, 6.45) is 0. The van der Waals surface area contributed by atoms with Crippen molar-refractivity contribution < 1.29 is 23.9 Å². The predicted octanol–water partition coefficient (Wildman–Crippen LogP) is -0.410. The number of anilines is 1. The van der Waals surface area contributed by atoms with Gasteiger partial charge in [-0.15, -0.1) is 0 Å². The highest BCUT2D eigenvalue weighted by atomic mass is 16.7. The third kappa shape index (κ3) is 2.47. The first-order valence-electron chi connectivity index (χ1n) is 7.64. The Kier molecular flexibility index (Phi) is 3.40. The van der Waals surface area contributed by atoms with Crippen LogP contribution in [0.5, 0.6) is 11.5 Å². The summed E-state index contributed by atoms with van der Waals surface area (Å²) >= 11 is 0. The van der Waals surface area contributed by atoms with Crippen LogP contribution in [0.3, 0.4) is 0 Å². The van der Waals surface area contributed by atoms with Crippen molar-refractivity contribution in [3.05, 3.63) is 18.2 Å². The first-order valence-corrected chi connectivity index (χ1v) is 7.64. The Bertz CT molecular complexity index is 722. The minimum absolute atomic E-state index is 0.0265. The quantitative estimate of drug-likeness (QED) is 0.728. The molecule has 24 heavy (non-hydrogen) atoms. The molecule has 0 aromatic heterocycles. The molecule has 0 saturated carbocycles. The van der Waals surface area contributed by atoms with Crippen LogP contribution in [0.25, 0.3) is 0 Å². The van der Waals surface area contributed by atoms with Crippen LogP contribution >= 0.6 is 0 Å². The van der Waals surface area contributed by atoms with Gasteiger partial charge in [-0.05, 0) is 12.1 Å². The number of benzene rings is 1. The Balaban J connectivity index is 1.43. The summed E-state index contributed by atoms with van der Waals surface area (Å²) in [6.45, 7) is 1.10. The largest absolute Gasteiger partial charge is 0.454 e. The third-order valence-electron chi connectivity index (χ3n) is 4.33. The van der Waals surface area contributed by atoms with E-state index >= 15 is 0 Å². The van der Waals surface area contributed by atoms with Gasteiger partial charge in [0.25, 0.3) is 0 Å². The fraction of sp³-hybridized carbons (Fsp3) is 0.400. The van der Waals surface area contributed by atoms with Gasteiger partial charge in [-0.1, -0.05) is 0 Å². The van der Waals surface area contributed by atoms with E-state index < -0.39 is 6.04 Å². The number of nitrogens with one attached hydrogen (secondary N) is 2. The zero-order valence-corrected chi connectivity index (χ0v) is 12.8. The van der Waals surface area contributed by atoms with Crippen molar-refractivity contribution in [1.29, 1.82) is 0 Å². The Morgan fingerprint density at radius 2 is 2.04 bits per heavy atom. The standard InChI is InChI=1S/C15H16N4O5/c20-13-6-16-14(21)10-7-18(3-4-19(10)13)15(22)17-9-1-2-11-12(5-9)24-8-23-11/h1-2,5,10H,3-4,6-8H2,(H,16,21)(H,17,22)/t10-/m0/s1. The number of hydrogen-bond donors (Lipinski definition) is 2. The summed E-state index contributed by atoms with van der Waals surface area (Å²) in [6, 6.07) is 4.19. The van der Waals surface area contributed by atoms with Crippen LogP contribution in [0.1, 0.15) is 0 Å². The van der Waals surface area contributed by atoms with E-state index in [1.807, 2.05) is 0 Å². The van der Waals surface area contributed by atoms with Gasteiger partial charge in [0.1, 0.15) is 6.04 Å². The zero-order chi connectivity index (χ0) is 16.7. The first-order chi connectivity index (χ1) is 11.6. The highest BCUT2D eigenvalue weighted by molar-refractivity contribution is 5.96. The van der Waals surface area contributed by atoms with Crippen molar-refractivity contribution in [3.8, 4) is 11.5 Å². The molecule has 3 aliphatic rings. The van der Waals surface area contributed by atoms with Gasteiger partial charge in [0.05, 0.1) is 13.1 Å². The molecule has 0 bridgehead atoms. The SMILES string of the molecule is O=C1NCC(=O)N2CCN(C(=O)Nc3ccc4c(c3)OCO4)C[C@@H]12. The summed E-state index contributed by atoms with van der Waals surface area (Å²) in [5, 5.41) is 5.33. The molecule has 4 amide bonds. The van der Waals surface area contributed by atoms with Crippen molar-refractivity contribution in [1.82, 2.24) is 15.1 Å². The molecule has 0 aliphatic carbocycles. The molecule has 0 spiro atoms. The van der Waals surface area contributed by atoms with Crippen LogP contribution in [-0.2, 0) is 9.59 Å². The van der Waals surface area contributed by atoms with E-state index in [4.69, 9.17) is 9.47 Å². The number of piperazine rings is 2. The Morgan fingerprint density at radius 3 is 2.92 bits per heavy atom. The molecule has 9 heteroatoms. The molecule has 4 rings (SSSR count). The van der Waals surface area contributed by atoms with Gasteiger partial charge in [0.2, 0.25) is 18.6 Å². The summed E-state index contributed by atoms with van der Waals surface area (Å²) in [5.41, 5.74) is 0.579. The Hall–Kier alpha value is -2.97. The molecule has 3 aliphatic heterocycles. The highest BCUT2D eigenvalue weighted by Crippen LogP contribution is 2.34. The normalized spacial score (nSPS) is 22.1. The fourth-order valence-electron chi connectivity index (χ4n) is 3.05. The molecular weight excluding hydrogens is 316 g/mol. The lowest BCUT2D eigenvalue weighted by molar-refractivity contribution is -0.148. The van der Waals surface area contributed by atoms with Crippen molar-refractivity contribution in [2.45, 2.75) is 6.04 Å². The van der Waals surface area contributed by atoms with Gasteiger partial charge in [-0.3, -0.25) is 9.59 Å². The summed E-state index contributed by atoms with van der Waals surface area (Å²) in [4.78, 5) is 39.3. The number of rotatable bonds is 1. The summed E-state index contributed by atoms with van der Waals surface area (Å²) in [5.74, 6) is 0.875. The number of fused-ring (bicyclic) bond motifs is 2. The topological polar surface area (TPSA) is 100 Å². The second-order valence-electron chi connectivity index (χ2n) is 5.76. The number of amides is 4. The maximum absolute atomic E-state index is 12.4. The van der Waals surface area contributed by atoms with E-state index in [1.165, 1.54) is 9.80 Å². The second kappa shape index (κ2) is 5.59. The average Bonchev–Trinajstić information content (AvgIpc) is 3.05. The minimum Gasteiger partial charge on any atom is -0.454 e. The van der Waals surface area contributed by atoms with E-state index in [-0.39, 0.29) is 37.7 Å². The van der Waals surface area contributed by atoms with Crippen LogP contribution in [0.15, 0.2) is 18.2 Å². The van der Waals surface area contributed by atoms with Gasteiger partial charge in [0, 0.05) is 24.8 Å². The van der Waals surface area contributed by atoms with Gasteiger partial charge >= 0.3 is 6.03 Å². The van der Waals surface area contributed by atoms with E-state index in [2.05, 4.69) is 10.6 Å². The second-order valence-corrected chi connectivity index (χ2v) is 5.76. The molecule has 1 aromatic rings. The lowest BCUT2D eigenvalue weighted by atomic mass is 10.1. The van der Waals surface area contributed by atoms with E-state index in [0.717, 1.165) is 0 Å². The molecule has 2 fully saturated rings. The van der Waals surface area contributed by atoms with Gasteiger partial charge in [0.15, 0.2) is 11.5 Å². The molecule has 1 aromatic carbocycles. The molecule has 126 valence electrons. The minimum atomic E-state index is -0.623. The lowest BCUT2D eigenvalue weighted by Crippen LogP contribution is -2.66. The molecule has 1 atom stereocenters. The molecular formula is C15H16N4O5. The molecule has 2 N–H and O–H groups in total. The Labute approximate surface area is 137 Å². The third-order valence-corrected chi connectivity index (χ3v) is 4.33. The number of urea groups is 1. The van der Waals surface area contributed by atoms with Crippen molar-refractivity contribution in [3.63, 3.8) is 0 Å². The van der Waals surface area contributed by atoms with Crippen LogP contribution in [-0.4, -0.2) is 66.7 Å². The predicted molar refractivity (Wildman–Crippen MR) is 81.7 cm³/mol. The van der Waals surface area contributed by atoms with E-state index in [9.17, 15) is 14.4 Å². The number of carbonyl (C=O) groups excluding carboxylic acids is 3. The van der Waals surface area contributed by atoms with Gasteiger partial charge < -0.3 is 29.9 Å². The summed E-state index contributed by atoms with van der Waals surface area (Å²) in [7, 11) is 0. The number of nitrogens with zero attached hydrogens (tertiary/aromatic N) is 2. The molecule has 0 unspecified atom stereocenters. The average molecular weight is 332 g/mol. The molecule has 0 radical (unpaired) electrons. The number of ether oxygens (including phenoxy) is 2. The van der Waals surface area contributed by atoms with E-state index in [0.29, 0.717) is 30.3 Å². The zero-order valence-electron chi connectivity index (χ0n) is 12.8. The fourth-order valence-corrected chi connectivity index (χ4v) is 3.05. The van der Waals surface area contributed by atoms with Crippen LogP contribution < -0.4 is 20.1 Å². The van der Waals surface area contributed by atoms with Crippen molar-refractivity contribution >= 4 is 23.5 Å². The number of hydrogen-bond acceptors (Lipinski definition) is 5. The van der Waals surface area contributed by atoms with E-state index in [1.54, 1.807) is 18.2 Å². The van der Waals surface area contributed by atoms with Crippen LogP contribution in [0, 0.1) is 0 Å². The van der Waals surface area contributed by atoms with Crippen LogP contribution in [0.2, 0.25) is 0 Å². The smallest absolute Gasteiger partial charge is 0.321 e.